The molecular weight excluding hydrogens is 226 g/mol. The van der Waals surface area contributed by atoms with Gasteiger partial charge in [-0.25, -0.2) is 13.6 Å². The minimum absolute atomic E-state index is 0.0301. The van der Waals surface area contributed by atoms with Crippen LogP contribution in [0.25, 0.3) is 0 Å². The number of hydrogen-bond donors (Lipinski definition) is 2. The Labute approximate surface area is 96.1 Å². The number of sulfonamides is 1. The largest absolute Gasteiger partial charge is 0.396 e. The molecule has 0 aliphatic heterocycles. The van der Waals surface area contributed by atoms with Crippen molar-refractivity contribution in [1.29, 1.82) is 0 Å². The van der Waals surface area contributed by atoms with Crippen LogP contribution >= 0.6 is 0 Å². The summed E-state index contributed by atoms with van der Waals surface area (Å²) >= 11 is 0. The Morgan fingerprint density at radius 2 is 1.88 bits per heavy atom. The number of para-hydroxylation sites is 1. The molecule has 0 atom stereocenters. The molecule has 0 spiro atoms. The molecule has 0 fully saturated rings. The van der Waals surface area contributed by atoms with Crippen molar-refractivity contribution >= 4 is 21.4 Å². The molecule has 0 unspecified atom stereocenters. The minimum atomic E-state index is -3.77. The molecule has 6 heteroatoms. The molecule has 0 saturated carbocycles. The van der Waals surface area contributed by atoms with Gasteiger partial charge in [0.2, 0.25) is 10.0 Å². The predicted molar refractivity (Wildman–Crippen MR) is 65.8 cm³/mol. The molecule has 1 aromatic carbocycles. The molecule has 16 heavy (non-hydrogen) atoms. The van der Waals surface area contributed by atoms with Crippen molar-refractivity contribution in [2.75, 3.05) is 17.7 Å². The molecule has 0 heterocycles. The molecule has 4 N–H and O–H groups in total. The molecule has 0 aliphatic rings. The fourth-order valence-electron chi connectivity index (χ4n) is 1.37. The van der Waals surface area contributed by atoms with Gasteiger partial charge in [0.15, 0.2) is 0 Å². The van der Waals surface area contributed by atoms with Gasteiger partial charge in [0.25, 0.3) is 0 Å². The molecule has 5 nitrogen and oxygen atoms in total. The van der Waals surface area contributed by atoms with Crippen LogP contribution in [-0.2, 0) is 10.0 Å². The quantitative estimate of drug-likeness (QED) is 0.767. The summed E-state index contributed by atoms with van der Waals surface area (Å²) in [5, 5.41) is 5.08. The highest BCUT2D eigenvalue weighted by Gasteiger charge is 2.17. The number of rotatable bonds is 3. The minimum Gasteiger partial charge on any atom is -0.396 e. The van der Waals surface area contributed by atoms with Crippen LogP contribution in [0.4, 0.5) is 11.4 Å². The van der Waals surface area contributed by atoms with Gasteiger partial charge in [0.05, 0.1) is 11.4 Å². The van der Waals surface area contributed by atoms with E-state index < -0.39 is 10.0 Å². The average Bonchev–Trinajstić information content (AvgIpc) is 2.15. The van der Waals surface area contributed by atoms with Gasteiger partial charge in [-0.1, -0.05) is 6.07 Å². The standard InChI is InChI=1S/C10H17N3O2S/c1-7(2)13(3)8-5-4-6-9(10(8)11)16(12,14)15/h4-7H,11H2,1-3H3,(H2,12,14,15). The topological polar surface area (TPSA) is 89.4 Å². The fraction of sp³-hybridized carbons (Fsp3) is 0.400. The van der Waals surface area contributed by atoms with Crippen molar-refractivity contribution < 1.29 is 8.42 Å². The summed E-state index contributed by atoms with van der Waals surface area (Å²) in [5.74, 6) is 0. The highest BCUT2D eigenvalue weighted by Crippen LogP contribution is 2.29. The maximum absolute atomic E-state index is 11.3. The van der Waals surface area contributed by atoms with E-state index >= 15 is 0 Å². The molecule has 0 saturated heterocycles. The van der Waals surface area contributed by atoms with Gasteiger partial charge in [-0.2, -0.15) is 0 Å². The third kappa shape index (κ3) is 2.45. The molecule has 0 aliphatic carbocycles. The Balaban J connectivity index is 3.36. The monoisotopic (exact) mass is 243 g/mol. The second-order valence-electron chi connectivity index (χ2n) is 3.94. The zero-order valence-electron chi connectivity index (χ0n) is 9.64. The van der Waals surface area contributed by atoms with E-state index in [-0.39, 0.29) is 16.6 Å². The lowest BCUT2D eigenvalue weighted by molar-refractivity contribution is 0.598. The summed E-state index contributed by atoms with van der Waals surface area (Å²) in [4.78, 5) is 1.86. The van der Waals surface area contributed by atoms with Crippen LogP contribution in [0.2, 0.25) is 0 Å². The SMILES string of the molecule is CC(C)N(C)c1cccc(S(N)(=O)=O)c1N. The van der Waals surface area contributed by atoms with Gasteiger partial charge in [-0.3, -0.25) is 0 Å². The van der Waals surface area contributed by atoms with E-state index in [2.05, 4.69) is 0 Å². The van der Waals surface area contributed by atoms with Gasteiger partial charge in [-0.15, -0.1) is 0 Å². The van der Waals surface area contributed by atoms with E-state index in [9.17, 15) is 8.42 Å². The third-order valence-electron chi connectivity index (χ3n) is 2.50. The first kappa shape index (κ1) is 12.8. The molecule has 0 radical (unpaired) electrons. The van der Waals surface area contributed by atoms with Crippen LogP contribution in [0.15, 0.2) is 23.1 Å². The van der Waals surface area contributed by atoms with Gasteiger partial charge in [-0.05, 0) is 26.0 Å². The molecule has 0 bridgehead atoms. The highest BCUT2D eigenvalue weighted by molar-refractivity contribution is 7.89. The second-order valence-corrected chi connectivity index (χ2v) is 5.47. The van der Waals surface area contributed by atoms with Crippen LogP contribution in [0, 0.1) is 0 Å². The lowest BCUT2D eigenvalue weighted by atomic mass is 10.2. The van der Waals surface area contributed by atoms with Crippen molar-refractivity contribution in [1.82, 2.24) is 0 Å². The van der Waals surface area contributed by atoms with E-state index in [1.807, 2.05) is 25.8 Å². The molecule has 1 rings (SSSR count). The molecule has 1 aromatic rings. The number of anilines is 2. The van der Waals surface area contributed by atoms with Crippen molar-refractivity contribution in [2.24, 2.45) is 5.14 Å². The van der Waals surface area contributed by atoms with Crippen LogP contribution in [0.1, 0.15) is 13.8 Å². The van der Waals surface area contributed by atoms with E-state index in [0.717, 1.165) is 0 Å². The Bertz CT molecular complexity index is 483. The highest BCUT2D eigenvalue weighted by atomic mass is 32.2. The summed E-state index contributed by atoms with van der Waals surface area (Å²) in [5.41, 5.74) is 6.67. The smallest absolute Gasteiger partial charge is 0.240 e. The summed E-state index contributed by atoms with van der Waals surface area (Å²) < 4.78 is 22.6. The Hall–Kier alpha value is -1.27. The first-order valence-corrected chi connectivity index (χ1v) is 6.44. The Morgan fingerprint density at radius 1 is 1.31 bits per heavy atom. The van der Waals surface area contributed by atoms with Gasteiger partial charge in [0.1, 0.15) is 4.90 Å². The summed E-state index contributed by atoms with van der Waals surface area (Å²) in [7, 11) is -1.92. The number of hydrogen-bond acceptors (Lipinski definition) is 4. The summed E-state index contributed by atoms with van der Waals surface area (Å²) in [6, 6.07) is 5.02. The third-order valence-corrected chi connectivity index (χ3v) is 3.47. The number of nitrogens with two attached hydrogens (primary N) is 2. The van der Waals surface area contributed by atoms with E-state index in [0.29, 0.717) is 5.69 Å². The van der Waals surface area contributed by atoms with Crippen molar-refractivity contribution in [3.8, 4) is 0 Å². The zero-order valence-corrected chi connectivity index (χ0v) is 10.5. The second kappa shape index (κ2) is 4.31. The van der Waals surface area contributed by atoms with Crippen LogP contribution in [-0.4, -0.2) is 21.5 Å². The first-order chi connectivity index (χ1) is 7.25. The number of nitrogens with zero attached hydrogens (tertiary/aromatic N) is 1. The number of primary sulfonamides is 1. The average molecular weight is 243 g/mol. The fourth-order valence-corrected chi connectivity index (χ4v) is 2.05. The number of nitrogen functional groups attached to an aromatic ring is 1. The summed E-state index contributed by atoms with van der Waals surface area (Å²) in [6.07, 6.45) is 0. The van der Waals surface area contributed by atoms with Crippen LogP contribution in [0.5, 0.6) is 0 Å². The van der Waals surface area contributed by atoms with Crippen molar-refractivity contribution in [3.63, 3.8) is 0 Å². The van der Waals surface area contributed by atoms with E-state index in [1.54, 1.807) is 12.1 Å². The maximum atomic E-state index is 11.3. The molecule has 0 amide bonds. The first-order valence-electron chi connectivity index (χ1n) is 4.89. The van der Waals surface area contributed by atoms with Gasteiger partial charge in [0, 0.05) is 13.1 Å². The zero-order chi connectivity index (χ0) is 12.5. The van der Waals surface area contributed by atoms with Gasteiger partial charge >= 0.3 is 0 Å². The molecular formula is C10H17N3O2S. The van der Waals surface area contributed by atoms with Crippen molar-refractivity contribution in [2.45, 2.75) is 24.8 Å². The number of benzene rings is 1. The summed E-state index contributed by atoms with van der Waals surface area (Å²) in [6.45, 7) is 3.98. The van der Waals surface area contributed by atoms with Crippen LogP contribution in [0.3, 0.4) is 0 Å². The van der Waals surface area contributed by atoms with Crippen LogP contribution < -0.4 is 15.8 Å². The lowest BCUT2D eigenvalue weighted by Crippen LogP contribution is -2.27. The van der Waals surface area contributed by atoms with E-state index in [4.69, 9.17) is 10.9 Å². The lowest BCUT2D eigenvalue weighted by Gasteiger charge is -2.25. The maximum Gasteiger partial charge on any atom is 0.240 e. The Morgan fingerprint density at radius 3 is 2.31 bits per heavy atom. The van der Waals surface area contributed by atoms with Gasteiger partial charge < -0.3 is 10.6 Å². The molecule has 90 valence electrons. The normalized spacial score (nSPS) is 11.8. The van der Waals surface area contributed by atoms with E-state index in [1.165, 1.54) is 6.07 Å². The molecule has 0 aromatic heterocycles. The van der Waals surface area contributed by atoms with Crippen molar-refractivity contribution in [3.05, 3.63) is 18.2 Å². The predicted octanol–water partition coefficient (Wildman–Crippen LogP) is 0.761. The Kier molecular flexibility index (Phi) is 3.44.